The number of likely N-dealkylation sites (tertiary alicyclic amines) is 1. The standard InChI is InChI=1S/C10H13FN2O/c1-13-5-4-9(7-13)14-10-3-2-8(11)6-12-10/h2-3,6,9H,4-5,7H2,1H3. The van der Waals surface area contributed by atoms with Gasteiger partial charge in [0.2, 0.25) is 5.88 Å². The fraction of sp³-hybridized carbons (Fsp3) is 0.500. The first-order valence-electron chi connectivity index (χ1n) is 4.71. The third-order valence-electron chi connectivity index (χ3n) is 2.34. The van der Waals surface area contributed by atoms with E-state index >= 15 is 0 Å². The lowest BCUT2D eigenvalue weighted by Crippen LogP contribution is -2.21. The second-order valence-corrected chi connectivity index (χ2v) is 3.61. The molecule has 76 valence electrons. The van der Waals surface area contributed by atoms with E-state index in [0.717, 1.165) is 19.5 Å². The highest BCUT2D eigenvalue weighted by Crippen LogP contribution is 2.15. The van der Waals surface area contributed by atoms with Crippen LogP contribution >= 0.6 is 0 Å². The number of rotatable bonds is 2. The molecule has 1 atom stereocenters. The Morgan fingerprint density at radius 3 is 3.00 bits per heavy atom. The van der Waals surface area contributed by atoms with Gasteiger partial charge in [-0.1, -0.05) is 0 Å². The molecule has 1 aliphatic heterocycles. The summed E-state index contributed by atoms with van der Waals surface area (Å²) in [4.78, 5) is 6.05. The van der Waals surface area contributed by atoms with E-state index in [1.807, 2.05) is 0 Å². The lowest BCUT2D eigenvalue weighted by atomic mass is 10.3. The molecule has 0 amide bonds. The van der Waals surface area contributed by atoms with Crippen molar-refractivity contribution in [2.45, 2.75) is 12.5 Å². The summed E-state index contributed by atoms with van der Waals surface area (Å²) in [6.45, 7) is 1.96. The first kappa shape index (κ1) is 9.40. The highest BCUT2D eigenvalue weighted by Gasteiger charge is 2.21. The number of likely N-dealkylation sites (N-methyl/N-ethyl adjacent to an activating group) is 1. The zero-order chi connectivity index (χ0) is 9.97. The average molecular weight is 196 g/mol. The monoisotopic (exact) mass is 196 g/mol. The molecule has 4 heteroatoms. The fourth-order valence-electron chi connectivity index (χ4n) is 1.59. The summed E-state index contributed by atoms with van der Waals surface area (Å²) in [6.07, 6.45) is 2.38. The minimum Gasteiger partial charge on any atom is -0.473 e. The summed E-state index contributed by atoms with van der Waals surface area (Å²) in [5.41, 5.74) is 0. The zero-order valence-electron chi connectivity index (χ0n) is 8.11. The normalized spacial score (nSPS) is 22.6. The number of nitrogens with zero attached hydrogens (tertiary/aromatic N) is 2. The van der Waals surface area contributed by atoms with Gasteiger partial charge in [0.1, 0.15) is 11.9 Å². The second-order valence-electron chi connectivity index (χ2n) is 3.61. The summed E-state index contributed by atoms with van der Waals surface area (Å²) in [7, 11) is 2.06. The highest BCUT2D eigenvalue weighted by molar-refractivity contribution is 5.11. The molecule has 0 saturated carbocycles. The molecule has 14 heavy (non-hydrogen) atoms. The summed E-state index contributed by atoms with van der Waals surface area (Å²) in [5, 5.41) is 0. The molecule has 1 fully saturated rings. The van der Waals surface area contributed by atoms with Crippen molar-refractivity contribution in [3.05, 3.63) is 24.1 Å². The molecular formula is C10H13FN2O. The minimum atomic E-state index is -0.333. The molecule has 2 rings (SSSR count). The van der Waals surface area contributed by atoms with Crippen molar-refractivity contribution in [3.63, 3.8) is 0 Å². The Morgan fingerprint density at radius 2 is 2.43 bits per heavy atom. The van der Waals surface area contributed by atoms with Crippen LogP contribution in [0.25, 0.3) is 0 Å². The molecule has 1 aromatic rings. The number of hydrogen-bond acceptors (Lipinski definition) is 3. The number of hydrogen-bond donors (Lipinski definition) is 0. The topological polar surface area (TPSA) is 25.4 Å². The minimum absolute atomic E-state index is 0.193. The molecule has 0 bridgehead atoms. The Morgan fingerprint density at radius 1 is 1.57 bits per heavy atom. The molecule has 0 aliphatic carbocycles. The van der Waals surface area contributed by atoms with Gasteiger partial charge in [0.15, 0.2) is 0 Å². The van der Waals surface area contributed by atoms with Crippen molar-refractivity contribution in [3.8, 4) is 5.88 Å². The third-order valence-corrected chi connectivity index (χ3v) is 2.34. The molecule has 1 aliphatic rings. The van der Waals surface area contributed by atoms with Gasteiger partial charge < -0.3 is 9.64 Å². The van der Waals surface area contributed by atoms with Gasteiger partial charge in [0.25, 0.3) is 0 Å². The van der Waals surface area contributed by atoms with Crippen LogP contribution in [0.5, 0.6) is 5.88 Å². The van der Waals surface area contributed by atoms with Crippen molar-refractivity contribution < 1.29 is 9.13 Å². The van der Waals surface area contributed by atoms with Crippen LogP contribution in [0.3, 0.4) is 0 Å². The van der Waals surface area contributed by atoms with E-state index in [0.29, 0.717) is 5.88 Å². The van der Waals surface area contributed by atoms with Crippen LogP contribution in [0.2, 0.25) is 0 Å². The Hall–Kier alpha value is -1.16. The summed E-state index contributed by atoms with van der Waals surface area (Å²) < 4.78 is 18.1. The maximum Gasteiger partial charge on any atom is 0.213 e. The molecule has 0 radical (unpaired) electrons. The smallest absolute Gasteiger partial charge is 0.213 e. The van der Waals surface area contributed by atoms with Gasteiger partial charge in [-0.2, -0.15) is 0 Å². The Bertz CT molecular complexity index is 301. The van der Waals surface area contributed by atoms with Crippen molar-refractivity contribution >= 4 is 0 Å². The first-order valence-corrected chi connectivity index (χ1v) is 4.71. The molecule has 1 aromatic heterocycles. The molecule has 0 spiro atoms. The molecule has 1 saturated heterocycles. The van der Waals surface area contributed by atoms with E-state index in [4.69, 9.17) is 4.74 Å². The van der Waals surface area contributed by atoms with Crippen LogP contribution in [-0.4, -0.2) is 36.1 Å². The fourth-order valence-corrected chi connectivity index (χ4v) is 1.59. The first-order chi connectivity index (χ1) is 6.74. The molecule has 0 aromatic carbocycles. The van der Waals surface area contributed by atoms with E-state index in [1.165, 1.54) is 12.3 Å². The number of pyridine rings is 1. The largest absolute Gasteiger partial charge is 0.473 e. The van der Waals surface area contributed by atoms with Crippen molar-refractivity contribution in [1.29, 1.82) is 0 Å². The average Bonchev–Trinajstić information content (AvgIpc) is 2.56. The van der Waals surface area contributed by atoms with Crippen LogP contribution in [0.1, 0.15) is 6.42 Å². The lowest BCUT2D eigenvalue weighted by Gasteiger charge is -2.12. The highest BCUT2D eigenvalue weighted by atomic mass is 19.1. The molecule has 3 nitrogen and oxygen atoms in total. The van der Waals surface area contributed by atoms with Gasteiger partial charge in [0.05, 0.1) is 6.20 Å². The Balaban J connectivity index is 1.94. The van der Waals surface area contributed by atoms with Crippen LogP contribution in [0.4, 0.5) is 4.39 Å². The Kier molecular flexibility index (Phi) is 2.63. The van der Waals surface area contributed by atoms with Gasteiger partial charge in [-0.25, -0.2) is 9.37 Å². The lowest BCUT2D eigenvalue weighted by molar-refractivity contribution is 0.199. The Labute approximate surface area is 82.5 Å². The summed E-state index contributed by atoms with van der Waals surface area (Å²) in [6, 6.07) is 2.93. The summed E-state index contributed by atoms with van der Waals surface area (Å²) >= 11 is 0. The predicted octanol–water partition coefficient (Wildman–Crippen LogP) is 1.30. The second kappa shape index (κ2) is 3.92. The van der Waals surface area contributed by atoms with Gasteiger partial charge in [-0.3, -0.25) is 0 Å². The van der Waals surface area contributed by atoms with E-state index in [1.54, 1.807) is 6.07 Å². The van der Waals surface area contributed by atoms with Gasteiger partial charge >= 0.3 is 0 Å². The molecule has 2 heterocycles. The van der Waals surface area contributed by atoms with Gasteiger partial charge in [0, 0.05) is 19.2 Å². The molecule has 1 unspecified atom stereocenters. The maximum atomic E-state index is 12.5. The number of ether oxygens (including phenoxy) is 1. The van der Waals surface area contributed by atoms with Crippen LogP contribution in [0, 0.1) is 5.82 Å². The third kappa shape index (κ3) is 2.20. The van der Waals surface area contributed by atoms with Crippen LogP contribution < -0.4 is 4.74 Å². The van der Waals surface area contributed by atoms with Crippen LogP contribution in [-0.2, 0) is 0 Å². The van der Waals surface area contributed by atoms with Crippen LogP contribution in [0.15, 0.2) is 18.3 Å². The zero-order valence-corrected chi connectivity index (χ0v) is 8.11. The SMILES string of the molecule is CN1CCC(Oc2ccc(F)cn2)C1. The van der Waals surface area contributed by atoms with E-state index in [9.17, 15) is 4.39 Å². The molecular weight excluding hydrogens is 183 g/mol. The van der Waals surface area contributed by atoms with E-state index in [2.05, 4.69) is 16.9 Å². The van der Waals surface area contributed by atoms with Gasteiger partial charge in [-0.05, 0) is 19.5 Å². The number of halogens is 1. The van der Waals surface area contributed by atoms with E-state index in [-0.39, 0.29) is 11.9 Å². The maximum absolute atomic E-state index is 12.5. The van der Waals surface area contributed by atoms with Crippen molar-refractivity contribution in [1.82, 2.24) is 9.88 Å². The summed E-state index contributed by atoms with van der Waals surface area (Å²) in [5.74, 6) is 0.174. The number of aromatic nitrogens is 1. The van der Waals surface area contributed by atoms with Crippen molar-refractivity contribution in [2.24, 2.45) is 0 Å². The van der Waals surface area contributed by atoms with E-state index < -0.39 is 0 Å². The van der Waals surface area contributed by atoms with Crippen molar-refractivity contribution in [2.75, 3.05) is 20.1 Å². The van der Waals surface area contributed by atoms with Gasteiger partial charge in [-0.15, -0.1) is 0 Å². The molecule has 0 N–H and O–H groups in total. The quantitative estimate of drug-likeness (QED) is 0.713. The predicted molar refractivity (Wildman–Crippen MR) is 50.7 cm³/mol.